The molecular formula is C11H12Cl2N4. The number of rotatable bonds is 2. The van der Waals surface area contributed by atoms with E-state index < -0.39 is 0 Å². The second-order valence-corrected chi connectivity index (χ2v) is 3.69. The van der Waals surface area contributed by atoms with Crippen LogP contribution in [0.4, 0.5) is 0 Å². The minimum atomic E-state index is 0. The highest BCUT2D eigenvalue weighted by Gasteiger charge is 1.96. The maximum Gasteiger partial charge on any atom is 0.152 e. The van der Waals surface area contributed by atoms with Crippen molar-refractivity contribution in [1.82, 2.24) is 9.55 Å². The lowest BCUT2D eigenvalue weighted by Gasteiger charge is -2.06. The zero-order chi connectivity index (χ0) is 11.4. The monoisotopic (exact) mass is 270 g/mol. The predicted octanol–water partition coefficient (Wildman–Crippen LogP) is 1.78. The van der Waals surface area contributed by atoms with E-state index in [2.05, 4.69) is 10.1 Å². The van der Waals surface area contributed by atoms with Crippen LogP contribution in [0, 0.1) is 0 Å². The minimum Gasteiger partial charge on any atom is -0.327 e. The molecule has 17 heavy (non-hydrogen) atoms. The number of nitrogens with two attached hydrogens (primary N) is 1. The Labute approximate surface area is 110 Å². The Hall–Kier alpha value is -1.52. The molecule has 0 radical (unpaired) electrons. The number of hydrogen-bond acceptors (Lipinski definition) is 3. The number of aromatic nitrogens is 2. The Kier molecular flexibility index (Phi) is 5.00. The summed E-state index contributed by atoms with van der Waals surface area (Å²) < 4.78 is 1.94. The molecule has 2 heterocycles. The molecule has 2 rings (SSSR count). The van der Waals surface area contributed by atoms with Crippen LogP contribution in [-0.4, -0.2) is 9.55 Å². The summed E-state index contributed by atoms with van der Waals surface area (Å²) in [6, 6.07) is 9.36. The number of pyridine rings is 2. The van der Waals surface area contributed by atoms with Crippen LogP contribution >= 0.6 is 24.0 Å². The Balaban J connectivity index is 0.00000144. The van der Waals surface area contributed by atoms with Gasteiger partial charge < -0.3 is 10.4 Å². The van der Waals surface area contributed by atoms with E-state index in [0.29, 0.717) is 11.7 Å². The summed E-state index contributed by atoms with van der Waals surface area (Å²) in [5, 5.41) is 4.19. The van der Waals surface area contributed by atoms with Crippen molar-refractivity contribution in [2.24, 2.45) is 10.9 Å². The van der Waals surface area contributed by atoms with Gasteiger partial charge >= 0.3 is 0 Å². The van der Waals surface area contributed by atoms with E-state index >= 15 is 0 Å². The van der Waals surface area contributed by atoms with Crippen molar-refractivity contribution in [3.05, 3.63) is 58.9 Å². The van der Waals surface area contributed by atoms with Crippen LogP contribution in [0.2, 0.25) is 5.15 Å². The molecule has 0 aliphatic heterocycles. The molecule has 0 saturated carbocycles. The average molecular weight is 271 g/mol. The molecule has 4 nitrogen and oxygen atoms in total. The third-order valence-corrected chi connectivity index (χ3v) is 2.41. The summed E-state index contributed by atoms with van der Waals surface area (Å²) in [4.78, 5) is 4.02. The fourth-order valence-corrected chi connectivity index (χ4v) is 1.53. The van der Waals surface area contributed by atoms with Gasteiger partial charge in [0.1, 0.15) is 5.15 Å². The standard InChI is InChI=1S/C11H11ClN4.ClH/c12-10-5-4-9(7-14-10)8-16-6-2-1-3-11(16)15-13;/h1-7H,8,13H2;1H. The predicted molar refractivity (Wildman–Crippen MR) is 69.8 cm³/mol. The molecule has 0 fully saturated rings. The topological polar surface area (TPSA) is 56.2 Å². The molecule has 2 aromatic heterocycles. The highest BCUT2D eigenvalue weighted by molar-refractivity contribution is 6.29. The smallest absolute Gasteiger partial charge is 0.152 e. The third kappa shape index (κ3) is 3.47. The van der Waals surface area contributed by atoms with Crippen LogP contribution in [0.15, 0.2) is 47.8 Å². The molecule has 0 spiro atoms. The van der Waals surface area contributed by atoms with Gasteiger partial charge in [-0.15, -0.1) is 12.4 Å². The van der Waals surface area contributed by atoms with E-state index in [1.165, 1.54) is 0 Å². The maximum atomic E-state index is 5.72. The zero-order valence-corrected chi connectivity index (χ0v) is 10.5. The lowest BCUT2D eigenvalue weighted by atomic mass is 10.3. The number of nitrogens with zero attached hydrogens (tertiary/aromatic N) is 3. The summed E-state index contributed by atoms with van der Waals surface area (Å²) in [5.74, 6) is 5.30. The van der Waals surface area contributed by atoms with Crippen LogP contribution in [-0.2, 0) is 6.54 Å². The van der Waals surface area contributed by atoms with Gasteiger partial charge in [-0.2, -0.15) is 5.10 Å². The lowest BCUT2D eigenvalue weighted by Crippen LogP contribution is -2.21. The van der Waals surface area contributed by atoms with Crippen LogP contribution in [0.5, 0.6) is 0 Å². The largest absolute Gasteiger partial charge is 0.327 e. The van der Waals surface area contributed by atoms with Gasteiger partial charge in [0.05, 0.1) is 6.54 Å². The molecular weight excluding hydrogens is 259 g/mol. The van der Waals surface area contributed by atoms with Crippen molar-refractivity contribution in [3.8, 4) is 0 Å². The van der Waals surface area contributed by atoms with Crippen molar-refractivity contribution in [1.29, 1.82) is 0 Å². The second-order valence-electron chi connectivity index (χ2n) is 3.31. The van der Waals surface area contributed by atoms with E-state index in [1.54, 1.807) is 12.3 Å². The summed E-state index contributed by atoms with van der Waals surface area (Å²) in [6.07, 6.45) is 3.66. The summed E-state index contributed by atoms with van der Waals surface area (Å²) in [6.45, 7) is 0.668. The first-order valence-electron chi connectivity index (χ1n) is 4.79. The van der Waals surface area contributed by atoms with Gasteiger partial charge in [-0.1, -0.05) is 23.7 Å². The first-order valence-corrected chi connectivity index (χ1v) is 5.17. The first kappa shape index (κ1) is 13.5. The summed E-state index contributed by atoms with van der Waals surface area (Å²) in [7, 11) is 0. The van der Waals surface area contributed by atoms with Gasteiger partial charge in [0.25, 0.3) is 0 Å². The highest BCUT2D eigenvalue weighted by atomic mass is 35.5. The summed E-state index contributed by atoms with van der Waals surface area (Å²) >= 11 is 5.72. The molecule has 0 unspecified atom stereocenters. The Bertz CT molecular complexity index is 534. The molecule has 6 heteroatoms. The van der Waals surface area contributed by atoms with E-state index in [9.17, 15) is 0 Å². The SMILES string of the molecule is Cl.NN=c1ccccn1Cc1ccc(Cl)nc1. The van der Waals surface area contributed by atoms with Crippen LogP contribution in [0.3, 0.4) is 0 Å². The number of halogens is 2. The van der Waals surface area contributed by atoms with Crippen molar-refractivity contribution in [2.75, 3.05) is 0 Å². The third-order valence-electron chi connectivity index (χ3n) is 2.19. The van der Waals surface area contributed by atoms with Gasteiger partial charge in [-0.05, 0) is 23.8 Å². The van der Waals surface area contributed by atoms with Gasteiger partial charge in [0.15, 0.2) is 5.49 Å². The lowest BCUT2D eigenvalue weighted by molar-refractivity contribution is 0.730. The maximum absolute atomic E-state index is 5.72. The fourth-order valence-electron chi connectivity index (χ4n) is 1.41. The van der Waals surface area contributed by atoms with Gasteiger partial charge in [-0.3, -0.25) is 0 Å². The van der Waals surface area contributed by atoms with Crippen molar-refractivity contribution in [2.45, 2.75) is 6.54 Å². The van der Waals surface area contributed by atoms with Crippen molar-refractivity contribution < 1.29 is 0 Å². The second kappa shape index (κ2) is 6.27. The minimum absolute atomic E-state index is 0. The molecule has 0 aromatic carbocycles. The van der Waals surface area contributed by atoms with Crippen LogP contribution in [0.25, 0.3) is 0 Å². The quantitative estimate of drug-likeness (QED) is 0.514. The molecule has 2 aromatic rings. The average Bonchev–Trinajstić information content (AvgIpc) is 2.33. The Morgan fingerprint density at radius 1 is 1.29 bits per heavy atom. The van der Waals surface area contributed by atoms with Crippen molar-refractivity contribution in [3.63, 3.8) is 0 Å². The molecule has 0 aliphatic rings. The van der Waals surface area contributed by atoms with E-state index in [0.717, 1.165) is 11.1 Å². The molecule has 0 amide bonds. The fraction of sp³-hybridized carbons (Fsp3) is 0.0909. The van der Waals surface area contributed by atoms with Crippen LogP contribution < -0.4 is 11.3 Å². The first-order chi connectivity index (χ1) is 7.79. The normalized spacial score (nSPS) is 11.0. The molecule has 90 valence electrons. The van der Waals surface area contributed by atoms with Gasteiger partial charge in [0, 0.05) is 12.4 Å². The molecule has 0 aliphatic carbocycles. The molecule has 0 atom stereocenters. The summed E-state index contributed by atoms with van der Waals surface area (Å²) in [5.41, 5.74) is 1.77. The van der Waals surface area contributed by atoms with Crippen molar-refractivity contribution >= 4 is 24.0 Å². The van der Waals surface area contributed by atoms with E-state index in [4.69, 9.17) is 17.4 Å². The Morgan fingerprint density at radius 3 is 2.76 bits per heavy atom. The highest BCUT2D eigenvalue weighted by Crippen LogP contribution is 2.05. The zero-order valence-electron chi connectivity index (χ0n) is 8.95. The molecule has 2 N–H and O–H groups in total. The van der Waals surface area contributed by atoms with Gasteiger partial charge in [0.2, 0.25) is 0 Å². The van der Waals surface area contributed by atoms with Gasteiger partial charge in [-0.25, -0.2) is 4.98 Å². The molecule has 0 saturated heterocycles. The van der Waals surface area contributed by atoms with E-state index in [1.807, 2.05) is 35.0 Å². The van der Waals surface area contributed by atoms with E-state index in [-0.39, 0.29) is 12.4 Å². The van der Waals surface area contributed by atoms with Crippen LogP contribution in [0.1, 0.15) is 5.56 Å². The Morgan fingerprint density at radius 2 is 2.12 bits per heavy atom. The number of hydrogen-bond donors (Lipinski definition) is 1. The molecule has 0 bridgehead atoms.